The van der Waals surface area contributed by atoms with Gasteiger partial charge in [0.25, 0.3) is 0 Å². The fourth-order valence-corrected chi connectivity index (χ4v) is 8.81. The van der Waals surface area contributed by atoms with Crippen LogP contribution in [0.2, 0.25) is 10.8 Å². The van der Waals surface area contributed by atoms with Gasteiger partial charge in [0.05, 0.1) is 0 Å². The van der Waals surface area contributed by atoms with E-state index in [2.05, 4.69) is 90.1 Å². The van der Waals surface area contributed by atoms with Crippen molar-refractivity contribution in [2.45, 2.75) is 226 Å². The minimum Gasteiger partial charge on any atom is -0.493 e. The third-order valence-electron chi connectivity index (χ3n) is 10.9. The van der Waals surface area contributed by atoms with Gasteiger partial charge in [-0.15, -0.1) is 0 Å². The summed E-state index contributed by atoms with van der Waals surface area (Å²) in [6.07, 6.45) is 34.7. The van der Waals surface area contributed by atoms with E-state index in [4.69, 9.17) is 0 Å². The molecule has 1 aliphatic rings. The molecule has 0 saturated carbocycles. The Labute approximate surface area is 342 Å². The third-order valence-corrected chi connectivity index (χ3v) is 12.3. The monoisotopic (exact) mass is 783 g/mol. The van der Waals surface area contributed by atoms with Crippen molar-refractivity contribution in [1.29, 1.82) is 0 Å². The fourth-order valence-electron chi connectivity index (χ4n) is 7.57. The number of rotatable bonds is 31. The van der Waals surface area contributed by atoms with Gasteiger partial charge >= 0.3 is 103 Å². The standard InChI is InChI=1S/C37H54N2.2C7H15.Ni/c1-5-9-13-17-21-31-23-19-25-33(29-31)37-35(27-16-12-8-4)34(26-15-11-7-3)36(39(37)38)32-24-18-22-30(28-32)20-14-10-6-2;2*1-3-5-7-6-4-2;/h18-19,22-25,28-29H,5-17,20-21,26-27H2,1-4H3;2*1,3-7H2,2H3;. The second-order valence-corrected chi connectivity index (χ2v) is 17.3. The van der Waals surface area contributed by atoms with E-state index >= 15 is 0 Å². The molecule has 0 N–H and O–H groups in total. The van der Waals surface area contributed by atoms with Gasteiger partial charge in [-0.05, 0) is 86.8 Å². The smallest absolute Gasteiger partial charge is 0.211 e. The van der Waals surface area contributed by atoms with Crippen LogP contribution in [0.3, 0.4) is 0 Å². The van der Waals surface area contributed by atoms with Crippen LogP contribution in [0.25, 0.3) is 16.9 Å². The van der Waals surface area contributed by atoms with Crippen LogP contribution in [-0.4, -0.2) is 4.70 Å². The number of allylic oxidation sites excluding steroid dienone is 2. The summed E-state index contributed by atoms with van der Waals surface area (Å²) in [7, 11) is 0. The van der Waals surface area contributed by atoms with Gasteiger partial charge in [-0.3, -0.25) is 0 Å². The molecule has 0 unspecified atom stereocenters. The van der Waals surface area contributed by atoms with Crippen LogP contribution in [0.4, 0.5) is 0 Å². The molecule has 0 aromatic heterocycles. The Morgan fingerprint density at radius 1 is 0.407 bits per heavy atom. The van der Waals surface area contributed by atoms with Crippen LogP contribution < -0.4 is 0 Å². The van der Waals surface area contributed by atoms with Gasteiger partial charge in [-0.1, -0.05) is 110 Å². The summed E-state index contributed by atoms with van der Waals surface area (Å²) in [4.78, 5) is 0. The molecule has 1 heterocycles. The Morgan fingerprint density at radius 3 is 1.15 bits per heavy atom. The molecule has 0 spiro atoms. The Morgan fingerprint density at radius 2 is 0.741 bits per heavy atom. The minimum absolute atomic E-state index is 1.03. The molecule has 2 nitrogen and oxygen atoms in total. The normalized spacial score (nSPS) is 13.0. The van der Waals surface area contributed by atoms with Crippen molar-refractivity contribution >= 4 is 11.4 Å². The molecule has 2 aromatic carbocycles. The van der Waals surface area contributed by atoms with Crippen LogP contribution in [-0.2, 0) is 27.3 Å². The molecule has 3 rings (SSSR count). The molecule has 308 valence electrons. The Hall–Kier alpha value is -1.99. The van der Waals surface area contributed by atoms with E-state index in [1.807, 2.05) is 14.4 Å². The Bertz CT molecular complexity index is 1310. The Balaban J connectivity index is 0.000000567. The maximum absolute atomic E-state index is 12.0. The first-order valence-electron chi connectivity index (χ1n) is 23.1. The molecule has 1 aliphatic heterocycles. The fraction of sp³-hybridized carbons (Fsp3) is 0.686. The summed E-state index contributed by atoms with van der Waals surface area (Å²) in [6, 6.07) is 18.0. The van der Waals surface area contributed by atoms with Gasteiger partial charge in [0, 0.05) is 22.3 Å². The topological polar surface area (TPSA) is 25.3 Å². The molecule has 3 heteroatoms. The van der Waals surface area contributed by atoms with Crippen molar-refractivity contribution in [2.24, 2.45) is 0 Å². The minimum atomic E-state index is 1.03. The average molecular weight is 784 g/mol. The van der Waals surface area contributed by atoms with E-state index in [9.17, 15) is 5.53 Å². The molecule has 0 saturated heterocycles. The van der Waals surface area contributed by atoms with Crippen molar-refractivity contribution in [2.75, 3.05) is 0 Å². The summed E-state index contributed by atoms with van der Waals surface area (Å²) in [5, 5.41) is 2.84. The van der Waals surface area contributed by atoms with Gasteiger partial charge in [0.15, 0.2) is 0 Å². The molecule has 54 heavy (non-hydrogen) atoms. The zero-order valence-electron chi connectivity index (χ0n) is 36.3. The van der Waals surface area contributed by atoms with E-state index in [0.29, 0.717) is 0 Å². The van der Waals surface area contributed by atoms with Crippen molar-refractivity contribution in [1.82, 2.24) is 0 Å². The van der Waals surface area contributed by atoms with Crippen molar-refractivity contribution in [3.05, 3.63) is 87.5 Å². The number of benzene rings is 2. The zero-order chi connectivity index (χ0) is 39.1. The second kappa shape index (κ2) is 32.1. The summed E-state index contributed by atoms with van der Waals surface area (Å²) in [5.74, 6) is 0. The maximum atomic E-state index is 12.0. The van der Waals surface area contributed by atoms with E-state index in [1.54, 1.807) is 4.70 Å². The van der Waals surface area contributed by atoms with Gasteiger partial charge in [-0.2, -0.15) is 0 Å². The summed E-state index contributed by atoms with van der Waals surface area (Å²) in [5.41, 5.74) is 21.9. The maximum Gasteiger partial charge on any atom is 0.211 e. The summed E-state index contributed by atoms with van der Waals surface area (Å²) >= 11 is 2.00. The molecule has 0 radical (unpaired) electrons. The van der Waals surface area contributed by atoms with Crippen LogP contribution in [0, 0.1) is 0 Å². The van der Waals surface area contributed by atoms with E-state index in [1.165, 1.54) is 186 Å². The van der Waals surface area contributed by atoms with E-state index in [-0.39, 0.29) is 0 Å². The van der Waals surface area contributed by atoms with Gasteiger partial charge in [0.1, 0.15) is 0 Å². The molecule has 0 fully saturated rings. The van der Waals surface area contributed by atoms with Crippen LogP contribution in [0.5, 0.6) is 0 Å². The summed E-state index contributed by atoms with van der Waals surface area (Å²) < 4.78 is 1.57. The van der Waals surface area contributed by atoms with Crippen molar-refractivity contribution in [3.8, 4) is 0 Å². The van der Waals surface area contributed by atoms with Gasteiger partial charge < -0.3 is 5.53 Å². The molecule has 0 aliphatic carbocycles. The Kier molecular flexibility index (Phi) is 28.7. The predicted octanol–water partition coefficient (Wildman–Crippen LogP) is 17.7. The van der Waals surface area contributed by atoms with Crippen molar-refractivity contribution in [3.63, 3.8) is 0 Å². The number of hydrogen-bond donors (Lipinski definition) is 0. The average Bonchev–Trinajstić information content (AvgIpc) is 3.46. The quantitative estimate of drug-likeness (QED) is 0.0413. The van der Waals surface area contributed by atoms with Gasteiger partial charge in [-0.25, -0.2) is 4.70 Å². The zero-order valence-corrected chi connectivity index (χ0v) is 37.3. The molecular weight excluding hydrogens is 699 g/mol. The third kappa shape index (κ3) is 19.2. The first-order chi connectivity index (χ1) is 26.6. The SMILES string of the molecule is CCCCCC[CH2][Ni][CH2]CCCCCC.CCCCCCc1cccc(C2=C(CCCCC)C(CCCCC)=C(c3cccc(CCCCC)c3)[N+]2=[N-])c1. The molecule has 0 amide bonds. The predicted molar refractivity (Wildman–Crippen MR) is 237 cm³/mol. The van der Waals surface area contributed by atoms with E-state index in [0.717, 1.165) is 42.6 Å². The molecular formula is C51H84N2Ni. The van der Waals surface area contributed by atoms with Crippen LogP contribution >= 0.6 is 0 Å². The van der Waals surface area contributed by atoms with Gasteiger partial charge in [0.2, 0.25) is 11.4 Å². The largest absolute Gasteiger partial charge is 0.493 e. The van der Waals surface area contributed by atoms with E-state index < -0.39 is 0 Å². The number of hydrogen-bond acceptors (Lipinski definition) is 0. The number of aryl methyl sites for hydroxylation is 2. The molecule has 2 aromatic rings. The van der Waals surface area contributed by atoms with Crippen LogP contribution in [0.1, 0.15) is 224 Å². The van der Waals surface area contributed by atoms with Crippen molar-refractivity contribution < 1.29 is 19.1 Å². The van der Waals surface area contributed by atoms with Crippen LogP contribution in [0.15, 0.2) is 59.7 Å². The summed E-state index contributed by atoms with van der Waals surface area (Å²) in [6.45, 7) is 13.7. The number of nitrogens with zero attached hydrogens (tertiary/aromatic N) is 2. The number of unbranched alkanes of at least 4 members (excludes halogenated alkanes) is 17. The second-order valence-electron chi connectivity index (χ2n) is 15.9. The molecule has 0 bridgehead atoms. The first kappa shape index (κ1) is 48.2. The first-order valence-corrected chi connectivity index (χ1v) is 24.5. The molecule has 0 atom stereocenters.